The number of halogens is 2. The van der Waals surface area contributed by atoms with Crippen LogP contribution >= 0.6 is 27.5 Å². The van der Waals surface area contributed by atoms with Gasteiger partial charge in [-0.2, -0.15) is 0 Å². The van der Waals surface area contributed by atoms with Gasteiger partial charge in [0.2, 0.25) is 5.28 Å². The molecule has 27 heavy (non-hydrogen) atoms. The summed E-state index contributed by atoms with van der Waals surface area (Å²) in [6.45, 7) is 9.85. The van der Waals surface area contributed by atoms with Crippen molar-refractivity contribution in [3.8, 4) is 0 Å². The zero-order chi connectivity index (χ0) is 19.9. The van der Waals surface area contributed by atoms with Crippen LogP contribution in [-0.2, 0) is 0 Å². The summed E-state index contributed by atoms with van der Waals surface area (Å²) >= 11 is 9.21. The minimum Gasteiger partial charge on any atom is -0.460 e. The van der Waals surface area contributed by atoms with Gasteiger partial charge >= 0.3 is 0 Å². The number of nitrogens with one attached hydrogen (secondary N) is 1. The summed E-state index contributed by atoms with van der Waals surface area (Å²) in [6, 6.07) is 3.78. The number of anilines is 1. The molecule has 1 atom stereocenters. The second kappa shape index (κ2) is 7.60. The molecule has 1 unspecified atom stereocenters. The van der Waals surface area contributed by atoms with Crippen molar-refractivity contribution in [3.05, 3.63) is 60.9 Å². The molecule has 0 bridgehead atoms. The van der Waals surface area contributed by atoms with E-state index in [1.165, 1.54) is 0 Å². The molecule has 0 spiro atoms. The quantitative estimate of drug-likeness (QED) is 0.395. The summed E-state index contributed by atoms with van der Waals surface area (Å²) in [5.41, 5.74) is 3.93. The fourth-order valence-corrected chi connectivity index (χ4v) is 3.83. The molecule has 7 heteroatoms. The normalized spacial score (nSPS) is 12.6. The summed E-state index contributed by atoms with van der Waals surface area (Å²) in [7, 11) is 0. The van der Waals surface area contributed by atoms with Gasteiger partial charge in [-0.1, -0.05) is 19.9 Å². The molecule has 5 nitrogen and oxygen atoms in total. The van der Waals surface area contributed by atoms with Crippen molar-refractivity contribution < 1.29 is 4.42 Å². The monoisotopic (exact) mass is 449 g/mol. The highest BCUT2D eigenvalue weighted by molar-refractivity contribution is 9.10. The molecule has 3 rings (SSSR count). The molecule has 0 fully saturated rings. The third-order valence-corrected chi connectivity index (χ3v) is 5.29. The SMILES string of the molecule is Cc1cc(C(C)Nc2cnc(Cl)nc2Br)c2oc(C(C)C)c(C)c(=O)c2c1. The molecule has 0 amide bonds. The molecule has 1 aromatic carbocycles. The Labute approximate surface area is 171 Å². The lowest BCUT2D eigenvalue weighted by Crippen LogP contribution is -2.14. The molecular formula is C20H21BrClN3O2. The first kappa shape index (κ1) is 19.8. The number of rotatable bonds is 4. The maximum atomic E-state index is 12.9. The molecule has 0 saturated heterocycles. The zero-order valence-corrected chi connectivity index (χ0v) is 18.2. The molecule has 3 aromatic rings. The van der Waals surface area contributed by atoms with Gasteiger partial charge in [0, 0.05) is 17.0 Å². The highest BCUT2D eigenvalue weighted by atomic mass is 79.9. The summed E-state index contributed by atoms with van der Waals surface area (Å²) in [4.78, 5) is 21.0. The predicted octanol–water partition coefficient (Wildman–Crippen LogP) is 5.91. The van der Waals surface area contributed by atoms with Crippen molar-refractivity contribution in [2.75, 3.05) is 5.32 Å². The number of hydrogen-bond donors (Lipinski definition) is 1. The lowest BCUT2D eigenvalue weighted by Gasteiger charge is -2.19. The van der Waals surface area contributed by atoms with Gasteiger partial charge in [-0.05, 0) is 59.9 Å². The third-order valence-electron chi connectivity index (χ3n) is 4.50. The van der Waals surface area contributed by atoms with Crippen LogP contribution in [0.4, 0.5) is 5.69 Å². The van der Waals surface area contributed by atoms with Crippen LogP contribution in [-0.4, -0.2) is 9.97 Å². The minimum atomic E-state index is -0.139. The molecule has 0 aliphatic heterocycles. The van der Waals surface area contributed by atoms with E-state index >= 15 is 0 Å². The number of aryl methyl sites for hydroxylation is 1. The van der Waals surface area contributed by atoms with Crippen LogP contribution in [0.5, 0.6) is 0 Å². The summed E-state index contributed by atoms with van der Waals surface area (Å²) in [5, 5.41) is 4.14. The summed E-state index contributed by atoms with van der Waals surface area (Å²) < 4.78 is 6.80. The smallest absolute Gasteiger partial charge is 0.223 e. The zero-order valence-electron chi connectivity index (χ0n) is 15.9. The Morgan fingerprint density at radius 3 is 2.56 bits per heavy atom. The van der Waals surface area contributed by atoms with E-state index in [9.17, 15) is 4.79 Å². The molecular weight excluding hydrogens is 430 g/mol. The number of aromatic nitrogens is 2. The largest absolute Gasteiger partial charge is 0.460 e. The lowest BCUT2D eigenvalue weighted by molar-refractivity contribution is 0.499. The Bertz CT molecular complexity index is 1080. The number of nitrogens with zero attached hydrogens (tertiary/aromatic N) is 2. The number of hydrogen-bond acceptors (Lipinski definition) is 5. The van der Waals surface area contributed by atoms with E-state index in [1.807, 2.05) is 46.8 Å². The van der Waals surface area contributed by atoms with E-state index in [0.717, 1.165) is 16.9 Å². The van der Waals surface area contributed by atoms with E-state index in [0.29, 0.717) is 26.8 Å². The van der Waals surface area contributed by atoms with Crippen molar-refractivity contribution in [1.29, 1.82) is 0 Å². The number of benzene rings is 1. The van der Waals surface area contributed by atoms with Crippen LogP contribution < -0.4 is 10.7 Å². The topological polar surface area (TPSA) is 68.0 Å². The van der Waals surface area contributed by atoms with Crippen LogP contribution in [0.25, 0.3) is 11.0 Å². The molecule has 142 valence electrons. The Morgan fingerprint density at radius 1 is 1.22 bits per heavy atom. The van der Waals surface area contributed by atoms with Gasteiger partial charge in [0.25, 0.3) is 0 Å². The van der Waals surface area contributed by atoms with Gasteiger partial charge in [-0.15, -0.1) is 0 Å². The van der Waals surface area contributed by atoms with Crippen LogP contribution in [0.3, 0.4) is 0 Å². The lowest BCUT2D eigenvalue weighted by atomic mass is 9.98. The van der Waals surface area contributed by atoms with E-state index < -0.39 is 0 Å². The van der Waals surface area contributed by atoms with Crippen molar-refractivity contribution >= 4 is 44.2 Å². The molecule has 2 aromatic heterocycles. The van der Waals surface area contributed by atoms with Crippen LogP contribution in [0.1, 0.15) is 55.2 Å². The van der Waals surface area contributed by atoms with E-state index in [4.69, 9.17) is 16.0 Å². The van der Waals surface area contributed by atoms with E-state index in [1.54, 1.807) is 6.20 Å². The van der Waals surface area contributed by atoms with Crippen LogP contribution in [0.15, 0.2) is 32.1 Å². The molecule has 1 N–H and O–H groups in total. The van der Waals surface area contributed by atoms with Crippen molar-refractivity contribution in [2.45, 2.75) is 46.6 Å². The van der Waals surface area contributed by atoms with E-state index in [-0.39, 0.29) is 22.7 Å². The van der Waals surface area contributed by atoms with Gasteiger partial charge in [-0.3, -0.25) is 4.79 Å². The highest BCUT2D eigenvalue weighted by Gasteiger charge is 2.20. The van der Waals surface area contributed by atoms with E-state index in [2.05, 4.69) is 31.2 Å². The molecule has 0 radical (unpaired) electrons. The second-order valence-electron chi connectivity index (χ2n) is 7.02. The standard InChI is InChI=1S/C20H21BrClN3O2/c1-9(2)17-11(4)16(26)14-7-10(3)6-13(18(14)27-17)12(5)24-15-8-23-20(22)25-19(15)21/h6-9,12,24H,1-5H3. The van der Waals surface area contributed by atoms with Crippen molar-refractivity contribution in [2.24, 2.45) is 0 Å². The van der Waals surface area contributed by atoms with Crippen LogP contribution in [0.2, 0.25) is 5.28 Å². The first-order chi connectivity index (χ1) is 12.7. The van der Waals surface area contributed by atoms with Gasteiger partial charge in [0.05, 0.1) is 23.3 Å². The molecule has 0 aliphatic carbocycles. The second-order valence-corrected chi connectivity index (χ2v) is 8.10. The Hall–Kier alpha value is -1.92. The van der Waals surface area contributed by atoms with Crippen LogP contribution in [0, 0.1) is 13.8 Å². The highest BCUT2D eigenvalue weighted by Crippen LogP contribution is 2.32. The molecule has 0 saturated carbocycles. The van der Waals surface area contributed by atoms with Gasteiger partial charge < -0.3 is 9.73 Å². The maximum absolute atomic E-state index is 12.9. The fraction of sp³-hybridized carbons (Fsp3) is 0.350. The number of fused-ring (bicyclic) bond motifs is 1. The first-order valence-electron chi connectivity index (χ1n) is 8.71. The van der Waals surface area contributed by atoms with Crippen molar-refractivity contribution in [3.63, 3.8) is 0 Å². The Kier molecular flexibility index (Phi) is 5.58. The average molecular weight is 451 g/mol. The maximum Gasteiger partial charge on any atom is 0.223 e. The summed E-state index contributed by atoms with van der Waals surface area (Å²) in [5.74, 6) is 0.846. The Balaban J connectivity index is 2.16. The predicted molar refractivity (Wildman–Crippen MR) is 113 cm³/mol. The average Bonchev–Trinajstić information content (AvgIpc) is 2.60. The van der Waals surface area contributed by atoms with Gasteiger partial charge in [-0.25, -0.2) is 9.97 Å². The van der Waals surface area contributed by atoms with Gasteiger partial charge in [0.15, 0.2) is 5.43 Å². The summed E-state index contributed by atoms with van der Waals surface area (Å²) in [6.07, 6.45) is 1.62. The molecule has 2 heterocycles. The molecule has 0 aliphatic rings. The van der Waals surface area contributed by atoms with Crippen molar-refractivity contribution in [1.82, 2.24) is 9.97 Å². The van der Waals surface area contributed by atoms with Gasteiger partial charge in [0.1, 0.15) is 15.9 Å². The Morgan fingerprint density at radius 2 is 1.93 bits per heavy atom. The fourth-order valence-electron chi connectivity index (χ4n) is 3.21. The minimum absolute atomic E-state index is 0.0214. The first-order valence-corrected chi connectivity index (χ1v) is 9.88. The third kappa shape index (κ3) is 3.87.